The molecule has 3 nitrogen and oxygen atoms in total. The molecule has 0 aliphatic carbocycles. The fourth-order valence-corrected chi connectivity index (χ4v) is 1.67. The summed E-state index contributed by atoms with van der Waals surface area (Å²) in [5.74, 6) is -1.08. The van der Waals surface area contributed by atoms with Crippen LogP contribution in [0.25, 0.3) is 0 Å². The minimum Gasteiger partial charge on any atom is -0.480 e. The van der Waals surface area contributed by atoms with Gasteiger partial charge in [0.1, 0.15) is 11.9 Å². The van der Waals surface area contributed by atoms with Crippen molar-refractivity contribution in [3.63, 3.8) is 0 Å². The predicted molar refractivity (Wildman–Crippen MR) is 64.4 cm³/mol. The molecule has 94 valence electrons. The number of carboxylic acid groups (broad SMARTS) is 1. The summed E-state index contributed by atoms with van der Waals surface area (Å²) >= 11 is 0. The Kier molecular flexibility index (Phi) is 5.10. The van der Waals surface area contributed by atoms with E-state index in [0.717, 1.165) is 5.56 Å². The molecule has 1 rings (SSSR count). The molecule has 1 unspecified atom stereocenters. The van der Waals surface area contributed by atoms with E-state index in [1.165, 1.54) is 12.1 Å². The lowest BCUT2D eigenvalue weighted by atomic mass is 10.0. The largest absolute Gasteiger partial charge is 0.480 e. The molecule has 0 bridgehead atoms. The van der Waals surface area contributed by atoms with Gasteiger partial charge in [-0.3, -0.25) is 4.79 Å². The van der Waals surface area contributed by atoms with Crippen LogP contribution in [0.5, 0.6) is 0 Å². The van der Waals surface area contributed by atoms with Crippen LogP contribution < -0.4 is 5.32 Å². The van der Waals surface area contributed by atoms with Crippen molar-refractivity contribution >= 4 is 5.97 Å². The maximum Gasteiger partial charge on any atom is 0.320 e. The smallest absolute Gasteiger partial charge is 0.320 e. The van der Waals surface area contributed by atoms with E-state index < -0.39 is 12.0 Å². The number of benzene rings is 1. The summed E-state index contributed by atoms with van der Waals surface area (Å²) in [6, 6.07) is 5.79. The van der Waals surface area contributed by atoms with Gasteiger partial charge < -0.3 is 10.4 Å². The van der Waals surface area contributed by atoms with Crippen LogP contribution in [0.3, 0.4) is 0 Å². The molecule has 17 heavy (non-hydrogen) atoms. The van der Waals surface area contributed by atoms with Crippen molar-refractivity contribution in [2.75, 3.05) is 6.54 Å². The number of hydrogen-bond acceptors (Lipinski definition) is 2. The van der Waals surface area contributed by atoms with Crippen LogP contribution in [0.2, 0.25) is 0 Å². The lowest BCUT2D eigenvalue weighted by Crippen LogP contribution is -2.41. The van der Waals surface area contributed by atoms with E-state index in [0.29, 0.717) is 13.0 Å². The summed E-state index contributed by atoms with van der Waals surface area (Å²) in [4.78, 5) is 10.9. The molecular formula is C13H18FNO2. The van der Waals surface area contributed by atoms with Gasteiger partial charge >= 0.3 is 5.97 Å². The highest BCUT2D eigenvalue weighted by atomic mass is 19.1. The zero-order valence-electron chi connectivity index (χ0n) is 10.1. The average molecular weight is 239 g/mol. The third-order valence-electron chi connectivity index (χ3n) is 2.60. The van der Waals surface area contributed by atoms with Crippen LogP contribution in [-0.4, -0.2) is 23.7 Å². The highest BCUT2D eigenvalue weighted by Crippen LogP contribution is 2.05. The topological polar surface area (TPSA) is 49.3 Å². The Morgan fingerprint density at radius 3 is 2.71 bits per heavy atom. The monoisotopic (exact) mass is 239 g/mol. The number of carbonyl (C=O) groups is 1. The molecule has 0 spiro atoms. The second-order valence-corrected chi connectivity index (χ2v) is 4.39. The molecule has 1 atom stereocenters. The third kappa shape index (κ3) is 4.53. The van der Waals surface area contributed by atoms with E-state index in [1.807, 2.05) is 19.9 Å². The lowest BCUT2D eigenvalue weighted by Gasteiger charge is -2.17. The second-order valence-electron chi connectivity index (χ2n) is 4.39. The van der Waals surface area contributed by atoms with Gasteiger partial charge in [0.05, 0.1) is 0 Å². The number of carboxylic acids is 1. The van der Waals surface area contributed by atoms with Gasteiger partial charge in [-0.1, -0.05) is 26.0 Å². The highest BCUT2D eigenvalue weighted by Gasteiger charge is 2.19. The normalized spacial score (nSPS) is 12.7. The van der Waals surface area contributed by atoms with E-state index in [4.69, 9.17) is 5.11 Å². The van der Waals surface area contributed by atoms with E-state index in [-0.39, 0.29) is 11.7 Å². The van der Waals surface area contributed by atoms with Crippen molar-refractivity contribution < 1.29 is 14.3 Å². The number of aliphatic carboxylic acids is 1. The molecule has 0 heterocycles. The minimum atomic E-state index is -0.848. The number of nitrogens with one attached hydrogen (secondary N) is 1. The van der Waals surface area contributed by atoms with E-state index in [9.17, 15) is 9.18 Å². The van der Waals surface area contributed by atoms with Gasteiger partial charge in [0.2, 0.25) is 0 Å². The summed E-state index contributed by atoms with van der Waals surface area (Å²) in [6.07, 6.45) is 0.619. The summed E-state index contributed by atoms with van der Waals surface area (Å²) in [5, 5.41) is 11.9. The fraction of sp³-hybridized carbons (Fsp3) is 0.462. The first-order chi connectivity index (χ1) is 8.00. The molecule has 0 saturated heterocycles. The molecule has 0 saturated carbocycles. The van der Waals surface area contributed by atoms with Gasteiger partial charge in [-0.2, -0.15) is 0 Å². The average Bonchev–Trinajstić information content (AvgIpc) is 2.23. The summed E-state index contributed by atoms with van der Waals surface area (Å²) in [7, 11) is 0. The van der Waals surface area contributed by atoms with Crippen LogP contribution in [0.15, 0.2) is 24.3 Å². The van der Waals surface area contributed by atoms with Crippen molar-refractivity contribution in [1.82, 2.24) is 5.32 Å². The molecule has 0 aliphatic rings. The molecule has 0 amide bonds. The lowest BCUT2D eigenvalue weighted by molar-refractivity contribution is -0.140. The van der Waals surface area contributed by atoms with Gasteiger partial charge in [-0.15, -0.1) is 0 Å². The van der Waals surface area contributed by atoms with E-state index in [1.54, 1.807) is 6.07 Å². The van der Waals surface area contributed by atoms with E-state index in [2.05, 4.69) is 5.32 Å². The molecule has 0 radical (unpaired) electrons. The first-order valence-electron chi connectivity index (χ1n) is 5.71. The summed E-state index contributed by atoms with van der Waals surface area (Å²) in [6.45, 7) is 4.24. The Labute approximate surface area is 101 Å². The van der Waals surface area contributed by atoms with Crippen molar-refractivity contribution in [3.8, 4) is 0 Å². The summed E-state index contributed by atoms with van der Waals surface area (Å²) < 4.78 is 12.9. The summed E-state index contributed by atoms with van der Waals surface area (Å²) in [5.41, 5.74) is 0.866. The molecule has 1 aromatic rings. The zero-order valence-corrected chi connectivity index (χ0v) is 10.1. The molecule has 4 heteroatoms. The van der Waals surface area contributed by atoms with Crippen LogP contribution in [0.4, 0.5) is 4.39 Å². The van der Waals surface area contributed by atoms with E-state index >= 15 is 0 Å². The van der Waals surface area contributed by atoms with Gasteiger partial charge in [0.15, 0.2) is 0 Å². The number of halogens is 1. The number of hydrogen-bond donors (Lipinski definition) is 2. The molecular weight excluding hydrogens is 221 g/mol. The SMILES string of the molecule is CC(C)C(NCCc1cccc(F)c1)C(=O)O. The predicted octanol–water partition coefficient (Wildman–Crippen LogP) is 2.07. The molecule has 2 N–H and O–H groups in total. The van der Waals surface area contributed by atoms with Crippen molar-refractivity contribution in [2.24, 2.45) is 5.92 Å². The molecule has 0 aromatic heterocycles. The maximum atomic E-state index is 12.9. The first kappa shape index (κ1) is 13.6. The quantitative estimate of drug-likeness (QED) is 0.799. The van der Waals surface area contributed by atoms with Crippen molar-refractivity contribution in [2.45, 2.75) is 26.3 Å². The third-order valence-corrected chi connectivity index (χ3v) is 2.60. The first-order valence-corrected chi connectivity index (χ1v) is 5.71. The van der Waals surface area contributed by atoms with Gasteiger partial charge in [0, 0.05) is 0 Å². The van der Waals surface area contributed by atoms with Crippen LogP contribution in [0, 0.1) is 11.7 Å². The number of rotatable bonds is 6. The Balaban J connectivity index is 2.44. The molecule has 1 aromatic carbocycles. The standard InChI is InChI=1S/C13H18FNO2/c1-9(2)12(13(16)17)15-7-6-10-4-3-5-11(14)8-10/h3-5,8-9,12,15H,6-7H2,1-2H3,(H,16,17). The van der Waals surface area contributed by atoms with Gasteiger partial charge in [-0.05, 0) is 36.6 Å². The fourth-order valence-electron chi connectivity index (χ4n) is 1.67. The van der Waals surface area contributed by atoms with Crippen molar-refractivity contribution in [1.29, 1.82) is 0 Å². The second kappa shape index (κ2) is 6.35. The Morgan fingerprint density at radius 2 is 2.18 bits per heavy atom. The molecule has 0 fully saturated rings. The van der Waals surface area contributed by atoms with Crippen LogP contribution in [0.1, 0.15) is 19.4 Å². The zero-order chi connectivity index (χ0) is 12.8. The Morgan fingerprint density at radius 1 is 1.47 bits per heavy atom. The Hall–Kier alpha value is -1.42. The van der Waals surface area contributed by atoms with Crippen LogP contribution >= 0.6 is 0 Å². The molecule has 0 aliphatic heterocycles. The van der Waals surface area contributed by atoms with Gasteiger partial charge in [-0.25, -0.2) is 4.39 Å². The minimum absolute atomic E-state index is 0.0278. The van der Waals surface area contributed by atoms with Gasteiger partial charge in [0.25, 0.3) is 0 Å². The maximum absolute atomic E-state index is 12.9. The highest BCUT2D eigenvalue weighted by molar-refractivity contribution is 5.73. The van der Waals surface area contributed by atoms with Crippen LogP contribution in [-0.2, 0) is 11.2 Å². The van der Waals surface area contributed by atoms with Crippen molar-refractivity contribution in [3.05, 3.63) is 35.6 Å². The Bertz CT molecular complexity index is 379.